The highest BCUT2D eigenvalue weighted by Gasteiger charge is 2.76. The molecule has 0 amide bonds. The van der Waals surface area contributed by atoms with E-state index in [4.69, 9.17) is 5.11 Å². The molecule has 0 fully saturated rings. The lowest BCUT2D eigenvalue weighted by molar-refractivity contribution is -0.569. The Bertz CT molecular complexity index is 539. The molecule has 0 saturated heterocycles. The minimum Gasteiger partial charge on any atom is -0.357 e. The van der Waals surface area contributed by atoms with Crippen molar-refractivity contribution in [3.8, 4) is 0 Å². The van der Waals surface area contributed by atoms with Crippen LogP contribution in [0.1, 0.15) is 0 Å². The van der Waals surface area contributed by atoms with Crippen LogP contribution in [-0.4, -0.2) is 54.3 Å². The van der Waals surface area contributed by atoms with Crippen LogP contribution in [0, 0.1) is 0 Å². The fourth-order valence-electron chi connectivity index (χ4n) is 0.837. The molecule has 0 aromatic heterocycles. The van der Waals surface area contributed by atoms with Gasteiger partial charge in [0, 0.05) is 0 Å². The first-order valence-corrected chi connectivity index (χ1v) is 5.57. The molecule has 0 aromatic carbocycles. The summed E-state index contributed by atoms with van der Waals surface area (Å²) in [5.41, 5.74) is 0. The fraction of sp³-hybridized carbons (Fsp3) is 1.00. The smallest absolute Gasteiger partial charge is 0.357 e. The van der Waals surface area contributed by atoms with Crippen molar-refractivity contribution in [3.05, 3.63) is 0 Å². The van der Waals surface area contributed by atoms with E-state index >= 15 is 0 Å². The van der Waals surface area contributed by atoms with Crippen LogP contribution in [0.5, 0.6) is 0 Å². The molecule has 0 bridgehead atoms. The van der Waals surface area contributed by atoms with Gasteiger partial charge in [-0.15, -0.1) is 0 Å². The molecule has 28 heavy (non-hydrogen) atoms. The second kappa shape index (κ2) is 7.20. The zero-order valence-corrected chi connectivity index (χ0v) is 11.8. The Labute approximate surface area is 140 Å². The standard InChI is InChI=1S/C8H2F16O4/c9-1(25)2(10,11)26-5(17,18)6(19,20)28-8(23,24)7(21,22)27-4(15,16)3(12,13)14/h1,25H. The molecule has 20 heteroatoms. The Kier molecular flexibility index (Phi) is 6.87. The van der Waals surface area contributed by atoms with Crippen molar-refractivity contribution in [3.63, 3.8) is 0 Å². The summed E-state index contributed by atoms with van der Waals surface area (Å²) in [5.74, 6) is 0. The number of halogens is 16. The Balaban J connectivity index is 5.70. The number of aliphatic hydroxyl groups excluding tert-OH is 1. The molecule has 0 aliphatic heterocycles. The molecule has 0 aliphatic carbocycles. The molecule has 0 aromatic rings. The molecule has 170 valence electrons. The third-order valence-corrected chi connectivity index (χ3v) is 2.06. The summed E-state index contributed by atoms with van der Waals surface area (Å²) in [6, 6.07) is 0. The molecular weight excluding hydrogens is 464 g/mol. The molecule has 0 radical (unpaired) electrons. The van der Waals surface area contributed by atoms with Gasteiger partial charge in [0.25, 0.3) is 6.36 Å². The zero-order valence-electron chi connectivity index (χ0n) is 11.8. The first kappa shape index (κ1) is 26.7. The number of hydrogen-bond donors (Lipinski definition) is 1. The first-order chi connectivity index (χ1) is 11.8. The number of rotatable bonds is 9. The molecule has 0 heterocycles. The number of aliphatic hydroxyl groups is 1. The highest BCUT2D eigenvalue weighted by molar-refractivity contribution is 4.78. The van der Waals surface area contributed by atoms with E-state index in [1.54, 1.807) is 4.74 Å². The van der Waals surface area contributed by atoms with Crippen LogP contribution in [-0.2, 0) is 14.2 Å². The lowest BCUT2D eigenvalue weighted by Gasteiger charge is -2.34. The number of hydrogen-bond acceptors (Lipinski definition) is 4. The molecule has 1 atom stereocenters. The van der Waals surface area contributed by atoms with Crippen LogP contribution in [0.2, 0.25) is 0 Å². The number of ether oxygens (including phenoxy) is 3. The van der Waals surface area contributed by atoms with Gasteiger partial charge in [-0.1, -0.05) is 0 Å². The van der Waals surface area contributed by atoms with Crippen LogP contribution < -0.4 is 0 Å². The molecule has 0 aliphatic rings. The minimum atomic E-state index is -7.47. The van der Waals surface area contributed by atoms with E-state index in [1.165, 1.54) is 9.47 Å². The van der Waals surface area contributed by atoms with E-state index in [1.807, 2.05) is 0 Å². The molecule has 1 N–H and O–H groups in total. The van der Waals surface area contributed by atoms with Gasteiger partial charge >= 0.3 is 42.8 Å². The zero-order chi connectivity index (χ0) is 23.2. The van der Waals surface area contributed by atoms with E-state index < -0.39 is 49.2 Å². The summed E-state index contributed by atoms with van der Waals surface area (Å²) in [5, 5.41) is 7.64. The summed E-state index contributed by atoms with van der Waals surface area (Å²) >= 11 is 0. The molecule has 4 nitrogen and oxygen atoms in total. The van der Waals surface area contributed by atoms with Gasteiger partial charge in [-0.05, 0) is 0 Å². The van der Waals surface area contributed by atoms with Crippen LogP contribution in [0.4, 0.5) is 70.2 Å². The molecule has 1 unspecified atom stereocenters. The molecule has 0 spiro atoms. The maximum absolute atomic E-state index is 12.8. The van der Waals surface area contributed by atoms with Crippen LogP contribution in [0.25, 0.3) is 0 Å². The predicted octanol–water partition coefficient (Wildman–Crippen LogP) is 4.44. The van der Waals surface area contributed by atoms with Crippen molar-refractivity contribution in [2.75, 3.05) is 0 Å². The van der Waals surface area contributed by atoms with Crippen molar-refractivity contribution < 1.29 is 89.6 Å². The van der Waals surface area contributed by atoms with Crippen molar-refractivity contribution in [1.29, 1.82) is 0 Å². The molecule has 0 rings (SSSR count). The van der Waals surface area contributed by atoms with Gasteiger partial charge in [-0.2, -0.15) is 65.9 Å². The van der Waals surface area contributed by atoms with E-state index in [0.717, 1.165) is 0 Å². The van der Waals surface area contributed by atoms with Gasteiger partial charge in [-0.3, -0.25) is 0 Å². The third kappa shape index (κ3) is 5.63. The molecular formula is C8H2F16O4. The largest absolute Gasteiger partial charge is 0.483 e. The quantitative estimate of drug-likeness (QED) is 0.511. The fourth-order valence-corrected chi connectivity index (χ4v) is 0.837. The summed E-state index contributed by atoms with van der Waals surface area (Å²) in [6.07, 6.45) is -54.8. The van der Waals surface area contributed by atoms with Gasteiger partial charge in [-0.25, -0.2) is 18.6 Å². The second-order valence-corrected chi connectivity index (χ2v) is 4.29. The first-order valence-electron chi connectivity index (χ1n) is 5.57. The monoisotopic (exact) mass is 466 g/mol. The summed E-state index contributed by atoms with van der Waals surface area (Å²) in [7, 11) is 0. The van der Waals surface area contributed by atoms with E-state index in [2.05, 4.69) is 0 Å². The average molecular weight is 466 g/mol. The maximum Gasteiger partial charge on any atom is 0.483 e. The van der Waals surface area contributed by atoms with Crippen LogP contribution >= 0.6 is 0 Å². The summed E-state index contributed by atoms with van der Waals surface area (Å²) < 4.78 is 202. The lowest BCUT2D eigenvalue weighted by Crippen LogP contribution is -2.59. The third-order valence-electron chi connectivity index (χ3n) is 2.06. The highest BCUT2D eigenvalue weighted by Crippen LogP contribution is 2.50. The second-order valence-electron chi connectivity index (χ2n) is 4.29. The van der Waals surface area contributed by atoms with Gasteiger partial charge in [0.1, 0.15) is 0 Å². The predicted molar refractivity (Wildman–Crippen MR) is 46.1 cm³/mol. The Morgan fingerprint density at radius 2 is 0.714 bits per heavy atom. The Morgan fingerprint density at radius 1 is 0.464 bits per heavy atom. The van der Waals surface area contributed by atoms with E-state index in [-0.39, 0.29) is 0 Å². The maximum atomic E-state index is 12.8. The topological polar surface area (TPSA) is 47.9 Å². The van der Waals surface area contributed by atoms with Crippen LogP contribution in [0.15, 0.2) is 0 Å². The Hall–Kier alpha value is -1.28. The minimum absolute atomic E-state index is 1.32. The normalized spacial score (nSPS) is 17.0. The van der Waals surface area contributed by atoms with Crippen molar-refractivity contribution >= 4 is 0 Å². The van der Waals surface area contributed by atoms with Gasteiger partial charge in [0.15, 0.2) is 0 Å². The van der Waals surface area contributed by atoms with Crippen molar-refractivity contribution in [2.24, 2.45) is 0 Å². The van der Waals surface area contributed by atoms with Gasteiger partial charge < -0.3 is 5.11 Å². The molecule has 0 saturated carbocycles. The average Bonchev–Trinajstić information content (AvgIpc) is 2.32. The highest BCUT2D eigenvalue weighted by atomic mass is 19.4. The van der Waals surface area contributed by atoms with Crippen molar-refractivity contribution in [1.82, 2.24) is 0 Å². The van der Waals surface area contributed by atoms with E-state index in [0.29, 0.717) is 0 Å². The number of alkyl halides is 16. The van der Waals surface area contributed by atoms with Crippen molar-refractivity contribution in [2.45, 2.75) is 49.2 Å². The summed E-state index contributed by atoms with van der Waals surface area (Å²) in [4.78, 5) is 0. The van der Waals surface area contributed by atoms with Crippen LogP contribution in [0.3, 0.4) is 0 Å². The summed E-state index contributed by atoms with van der Waals surface area (Å²) in [6.45, 7) is 0. The van der Waals surface area contributed by atoms with Gasteiger partial charge in [0.05, 0.1) is 0 Å². The van der Waals surface area contributed by atoms with E-state index in [9.17, 15) is 70.2 Å². The lowest BCUT2D eigenvalue weighted by atomic mass is 10.5. The van der Waals surface area contributed by atoms with Gasteiger partial charge in [0.2, 0.25) is 0 Å². The Morgan fingerprint density at radius 3 is 0.964 bits per heavy atom. The SMILES string of the molecule is OC(F)C(F)(F)OC(F)(F)C(F)(F)OC(F)(F)C(F)(F)OC(F)(F)C(F)(F)F.